The quantitative estimate of drug-likeness (QED) is 0.186. The van der Waals surface area contributed by atoms with Crippen molar-refractivity contribution in [2.75, 3.05) is 31.7 Å². The fourth-order valence-corrected chi connectivity index (χ4v) is 1.93. The number of nitrogens with zero attached hydrogens (tertiary/aromatic N) is 1. The molecule has 196 valence electrons. The Hall–Kier alpha value is -4.29. The zero-order chi connectivity index (χ0) is 27.5. The average Bonchev–Trinajstić information content (AvgIpc) is 2.84. The molecule has 14 heteroatoms. The summed E-state index contributed by atoms with van der Waals surface area (Å²) in [6.07, 6.45) is -0.0856. The maximum atomic E-state index is 13.1. The minimum atomic E-state index is -1.15. The summed E-state index contributed by atoms with van der Waals surface area (Å²) in [5.41, 5.74) is -1.23. The second-order valence-electron chi connectivity index (χ2n) is 5.84. The van der Waals surface area contributed by atoms with Gasteiger partial charge in [-0.05, 0) is 38.1 Å². The Kier molecular flexibility index (Phi) is 15.9. The van der Waals surface area contributed by atoms with Crippen LogP contribution in [0.4, 0.5) is 33.7 Å². The summed E-state index contributed by atoms with van der Waals surface area (Å²) < 4.78 is 64.5. The predicted octanol–water partition coefficient (Wildman–Crippen LogP) is 3.55. The molecule has 10 nitrogen and oxygen atoms in total. The molecule has 0 fully saturated rings. The molecule has 1 amide bonds. The second kappa shape index (κ2) is 18.1. The SMILES string of the molecule is CCOC(=O)CO.CCOC(=O)COC(=O)Nc1c(F)cccc1F.O=C=Nc1c(F)cccc1F. The van der Waals surface area contributed by atoms with Crippen molar-refractivity contribution in [2.24, 2.45) is 4.99 Å². The molecule has 0 spiro atoms. The zero-order valence-corrected chi connectivity index (χ0v) is 19.1. The van der Waals surface area contributed by atoms with Crippen molar-refractivity contribution in [3.63, 3.8) is 0 Å². The summed E-state index contributed by atoms with van der Waals surface area (Å²) in [6, 6.07) is 6.32. The number of nitrogens with one attached hydrogen (secondary N) is 1. The highest BCUT2D eigenvalue weighted by Gasteiger charge is 2.14. The average molecular weight is 518 g/mol. The van der Waals surface area contributed by atoms with E-state index in [0.717, 1.165) is 36.4 Å². The first-order valence-electron chi connectivity index (χ1n) is 9.92. The van der Waals surface area contributed by atoms with Crippen LogP contribution < -0.4 is 5.32 Å². The lowest BCUT2D eigenvalue weighted by Crippen LogP contribution is -2.21. The van der Waals surface area contributed by atoms with E-state index in [4.69, 9.17) is 5.11 Å². The highest BCUT2D eigenvalue weighted by Crippen LogP contribution is 2.20. The van der Waals surface area contributed by atoms with E-state index in [1.54, 1.807) is 13.8 Å². The third-order valence-electron chi connectivity index (χ3n) is 3.35. The molecule has 2 aromatic rings. The van der Waals surface area contributed by atoms with Gasteiger partial charge in [0, 0.05) is 0 Å². The van der Waals surface area contributed by atoms with E-state index in [0.29, 0.717) is 6.61 Å². The Morgan fingerprint density at radius 2 is 1.33 bits per heavy atom. The molecule has 0 aliphatic carbocycles. The molecular weight excluding hydrogens is 496 g/mol. The van der Waals surface area contributed by atoms with Crippen LogP contribution in [0.5, 0.6) is 0 Å². The molecule has 0 aromatic heterocycles. The number of isocyanates is 1. The molecule has 0 heterocycles. The number of aliphatic hydroxyl groups excluding tert-OH is 1. The molecule has 2 aromatic carbocycles. The number of amides is 1. The highest BCUT2D eigenvalue weighted by molar-refractivity contribution is 5.86. The Bertz CT molecular complexity index is 1020. The van der Waals surface area contributed by atoms with Crippen molar-refractivity contribution < 1.29 is 56.1 Å². The molecule has 0 aliphatic heterocycles. The molecule has 0 saturated carbocycles. The summed E-state index contributed by atoms with van der Waals surface area (Å²) in [5.74, 6) is -4.93. The van der Waals surface area contributed by atoms with Crippen molar-refractivity contribution >= 4 is 35.5 Å². The van der Waals surface area contributed by atoms with E-state index in [1.807, 2.05) is 5.32 Å². The van der Waals surface area contributed by atoms with Gasteiger partial charge in [0.05, 0.1) is 13.2 Å². The van der Waals surface area contributed by atoms with E-state index in [1.165, 1.54) is 6.07 Å². The smallest absolute Gasteiger partial charge is 0.412 e. The van der Waals surface area contributed by atoms with Crippen molar-refractivity contribution in [1.29, 1.82) is 0 Å². The number of carbonyl (C=O) groups excluding carboxylic acids is 4. The van der Waals surface area contributed by atoms with Crippen molar-refractivity contribution in [3.8, 4) is 0 Å². The summed E-state index contributed by atoms with van der Waals surface area (Å²) in [6.45, 7) is 2.61. The van der Waals surface area contributed by atoms with Gasteiger partial charge < -0.3 is 19.3 Å². The van der Waals surface area contributed by atoms with E-state index in [-0.39, 0.29) is 6.61 Å². The Morgan fingerprint density at radius 3 is 1.75 bits per heavy atom. The van der Waals surface area contributed by atoms with Gasteiger partial charge >= 0.3 is 18.0 Å². The maximum Gasteiger partial charge on any atom is 0.412 e. The van der Waals surface area contributed by atoms with Crippen LogP contribution in [0.25, 0.3) is 0 Å². The minimum absolute atomic E-state index is 0.145. The first kappa shape index (κ1) is 31.7. The van der Waals surface area contributed by atoms with Gasteiger partial charge in [-0.3, -0.25) is 5.32 Å². The number of hydrogen-bond donors (Lipinski definition) is 2. The van der Waals surface area contributed by atoms with Crippen LogP contribution in [0.2, 0.25) is 0 Å². The van der Waals surface area contributed by atoms with Crippen LogP contribution >= 0.6 is 0 Å². The highest BCUT2D eigenvalue weighted by atomic mass is 19.1. The standard InChI is InChI=1S/C11H11F2NO4.C7H3F2NO.C4H8O3/c1-2-17-9(15)6-18-11(16)14-10-7(12)4-3-5-8(10)13;8-5-2-1-3-6(9)7(5)10-4-11;1-2-7-4(6)3-5/h3-5H,2,6H2,1H3,(H,14,16);1-3H;5H,2-3H2,1H3. The molecule has 2 N–H and O–H groups in total. The lowest BCUT2D eigenvalue weighted by atomic mass is 10.3. The first-order valence-corrected chi connectivity index (χ1v) is 9.92. The van der Waals surface area contributed by atoms with Crippen molar-refractivity contribution in [3.05, 3.63) is 59.7 Å². The number of rotatable bonds is 7. The Morgan fingerprint density at radius 1 is 0.861 bits per heavy atom. The zero-order valence-electron chi connectivity index (χ0n) is 19.1. The van der Waals surface area contributed by atoms with Crippen LogP contribution in [-0.4, -0.2) is 55.6 Å². The number of esters is 2. The molecule has 0 bridgehead atoms. The van der Waals surface area contributed by atoms with Gasteiger partial charge in [-0.15, -0.1) is 0 Å². The van der Waals surface area contributed by atoms with Crippen LogP contribution in [0.15, 0.2) is 41.4 Å². The number of halogens is 4. The van der Waals surface area contributed by atoms with Crippen LogP contribution in [0, 0.1) is 23.3 Å². The number of ether oxygens (including phenoxy) is 3. The first-order chi connectivity index (χ1) is 17.1. The number of anilines is 1. The summed E-state index contributed by atoms with van der Waals surface area (Å²) in [5, 5.41) is 9.85. The fourth-order valence-electron chi connectivity index (χ4n) is 1.93. The van der Waals surface area contributed by atoms with Crippen LogP contribution in [0.3, 0.4) is 0 Å². The van der Waals surface area contributed by atoms with Gasteiger partial charge in [-0.1, -0.05) is 12.1 Å². The molecule has 36 heavy (non-hydrogen) atoms. The molecule has 0 saturated heterocycles. The molecule has 2 rings (SSSR count). The van der Waals surface area contributed by atoms with Gasteiger partial charge in [-0.25, -0.2) is 36.7 Å². The van der Waals surface area contributed by atoms with Crippen LogP contribution in [0.1, 0.15) is 13.8 Å². The van der Waals surface area contributed by atoms with E-state index < -0.39 is 65.9 Å². The van der Waals surface area contributed by atoms with Gasteiger partial charge in [0.25, 0.3) is 0 Å². The van der Waals surface area contributed by atoms with Crippen molar-refractivity contribution in [2.45, 2.75) is 13.8 Å². The van der Waals surface area contributed by atoms with E-state index in [9.17, 15) is 36.7 Å². The number of para-hydroxylation sites is 2. The monoisotopic (exact) mass is 518 g/mol. The number of aliphatic hydroxyl groups is 1. The lowest BCUT2D eigenvalue weighted by molar-refractivity contribution is -0.147. The predicted molar refractivity (Wildman–Crippen MR) is 116 cm³/mol. The summed E-state index contributed by atoms with van der Waals surface area (Å²) in [4.78, 5) is 44.5. The largest absolute Gasteiger partial charge is 0.464 e. The Balaban J connectivity index is 0.000000576. The Labute approximate surface area is 202 Å². The van der Waals surface area contributed by atoms with Crippen LogP contribution in [-0.2, 0) is 28.6 Å². The number of benzene rings is 2. The second-order valence-corrected chi connectivity index (χ2v) is 5.84. The van der Waals surface area contributed by atoms with Crippen molar-refractivity contribution in [1.82, 2.24) is 0 Å². The minimum Gasteiger partial charge on any atom is -0.464 e. The normalized spacial score (nSPS) is 9.19. The number of hydrogen-bond acceptors (Lipinski definition) is 9. The summed E-state index contributed by atoms with van der Waals surface area (Å²) in [7, 11) is 0. The molecular formula is C22H22F4N2O8. The van der Waals surface area contributed by atoms with Gasteiger partial charge in [0.15, 0.2) is 18.2 Å². The molecule has 0 unspecified atom stereocenters. The lowest BCUT2D eigenvalue weighted by Gasteiger charge is -2.08. The summed E-state index contributed by atoms with van der Waals surface area (Å²) >= 11 is 0. The molecule has 0 radical (unpaired) electrons. The third kappa shape index (κ3) is 12.8. The van der Waals surface area contributed by atoms with Gasteiger partial charge in [-0.2, -0.15) is 4.99 Å². The van der Waals surface area contributed by atoms with E-state index in [2.05, 4.69) is 19.2 Å². The van der Waals surface area contributed by atoms with Gasteiger partial charge in [0.2, 0.25) is 6.08 Å². The number of carbonyl (C=O) groups is 3. The molecule has 0 atom stereocenters. The third-order valence-corrected chi connectivity index (χ3v) is 3.35. The fraction of sp³-hybridized carbons (Fsp3) is 0.273. The topological polar surface area (TPSA) is 141 Å². The van der Waals surface area contributed by atoms with E-state index >= 15 is 0 Å². The maximum absolute atomic E-state index is 13.1. The molecule has 0 aliphatic rings. The van der Waals surface area contributed by atoms with Gasteiger partial charge in [0.1, 0.15) is 29.6 Å². The number of aliphatic imine (C=N–C) groups is 1.